The number of amides is 1. The van der Waals surface area contributed by atoms with Gasteiger partial charge < -0.3 is 11.1 Å². The molecule has 19 heavy (non-hydrogen) atoms. The second-order valence-electron chi connectivity index (χ2n) is 4.79. The highest BCUT2D eigenvalue weighted by Gasteiger charge is 2.28. The molecule has 1 saturated heterocycles. The van der Waals surface area contributed by atoms with Crippen LogP contribution < -0.4 is 11.1 Å². The van der Waals surface area contributed by atoms with Crippen LogP contribution in [0.2, 0.25) is 0 Å². The van der Waals surface area contributed by atoms with Crippen LogP contribution >= 0.6 is 27.3 Å². The number of nitrogens with one attached hydrogen (secondary N) is 1. The zero-order valence-electron chi connectivity index (χ0n) is 11.1. The third kappa shape index (κ3) is 3.78. The summed E-state index contributed by atoms with van der Waals surface area (Å²) in [6.07, 6.45) is 1.48. The van der Waals surface area contributed by atoms with Crippen molar-refractivity contribution >= 4 is 33.2 Å². The third-order valence-corrected chi connectivity index (χ3v) is 5.20. The van der Waals surface area contributed by atoms with Gasteiger partial charge in [-0.2, -0.15) is 0 Å². The number of thiophene rings is 1. The number of hydrogen-bond acceptors (Lipinski definition) is 4. The van der Waals surface area contributed by atoms with Gasteiger partial charge in [-0.1, -0.05) is 6.92 Å². The fourth-order valence-corrected chi connectivity index (χ4v) is 4.07. The fourth-order valence-electron chi connectivity index (χ4n) is 2.43. The van der Waals surface area contributed by atoms with Crippen LogP contribution in [0.5, 0.6) is 0 Å². The van der Waals surface area contributed by atoms with E-state index in [9.17, 15) is 4.79 Å². The largest absolute Gasteiger partial charge is 0.355 e. The summed E-state index contributed by atoms with van der Waals surface area (Å²) in [6, 6.07) is 4.50. The zero-order valence-corrected chi connectivity index (χ0v) is 13.5. The summed E-state index contributed by atoms with van der Waals surface area (Å²) in [7, 11) is 0. The Morgan fingerprint density at radius 3 is 2.95 bits per heavy atom. The van der Waals surface area contributed by atoms with Gasteiger partial charge in [0.25, 0.3) is 0 Å². The zero-order chi connectivity index (χ0) is 13.8. The van der Waals surface area contributed by atoms with Gasteiger partial charge in [-0.05, 0) is 34.5 Å². The topological polar surface area (TPSA) is 58.4 Å². The number of hydrogen-bond donors (Lipinski definition) is 2. The van der Waals surface area contributed by atoms with Gasteiger partial charge in [0.2, 0.25) is 5.91 Å². The molecule has 1 aliphatic rings. The van der Waals surface area contributed by atoms with E-state index in [-0.39, 0.29) is 18.0 Å². The maximum absolute atomic E-state index is 11.5. The molecule has 1 fully saturated rings. The first-order valence-electron chi connectivity index (χ1n) is 6.63. The molecular weight excluding hydrogens is 326 g/mol. The van der Waals surface area contributed by atoms with Crippen LogP contribution in [0.3, 0.4) is 0 Å². The number of carbonyl (C=O) groups excluding carboxylic acids is 1. The average Bonchev–Trinajstić information content (AvgIpc) is 2.69. The van der Waals surface area contributed by atoms with Gasteiger partial charge in [0.1, 0.15) is 0 Å². The van der Waals surface area contributed by atoms with Gasteiger partial charge >= 0.3 is 0 Å². The van der Waals surface area contributed by atoms with Crippen molar-refractivity contribution in [2.45, 2.75) is 31.8 Å². The van der Waals surface area contributed by atoms with Gasteiger partial charge in [0.05, 0.1) is 9.83 Å². The van der Waals surface area contributed by atoms with Crippen molar-refractivity contribution in [1.82, 2.24) is 10.2 Å². The first-order valence-corrected chi connectivity index (χ1v) is 8.24. The molecule has 106 valence electrons. The van der Waals surface area contributed by atoms with E-state index in [1.807, 2.05) is 0 Å². The number of nitrogens with zero attached hydrogens (tertiary/aromatic N) is 1. The predicted molar refractivity (Wildman–Crippen MR) is 82.2 cm³/mol. The van der Waals surface area contributed by atoms with Crippen LogP contribution in [0, 0.1) is 0 Å². The Morgan fingerprint density at radius 1 is 1.53 bits per heavy atom. The highest BCUT2D eigenvalue weighted by Crippen LogP contribution is 2.33. The summed E-state index contributed by atoms with van der Waals surface area (Å²) in [6.45, 7) is 4.46. The lowest BCUT2D eigenvalue weighted by molar-refractivity contribution is -0.120. The average molecular weight is 346 g/mol. The Kier molecular flexibility index (Phi) is 5.38. The van der Waals surface area contributed by atoms with Gasteiger partial charge in [0.15, 0.2) is 0 Å². The Morgan fingerprint density at radius 2 is 2.32 bits per heavy atom. The molecule has 2 atom stereocenters. The van der Waals surface area contributed by atoms with Crippen LogP contribution in [-0.4, -0.2) is 36.5 Å². The van der Waals surface area contributed by atoms with Crippen LogP contribution in [0.15, 0.2) is 15.9 Å². The SMILES string of the molecule is CCC(N)C(c1ccc(Br)s1)N1CCNC(=O)CC1. The van der Waals surface area contributed by atoms with Crippen molar-refractivity contribution in [2.75, 3.05) is 19.6 Å². The smallest absolute Gasteiger partial charge is 0.221 e. The van der Waals surface area contributed by atoms with E-state index in [0.29, 0.717) is 13.0 Å². The predicted octanol–water partition coefficient (Wildman–Crippen LogP) is 2.11. The van der Waals surface area contributed by atoms with E-state index in [0.717, 1.165) is 23.3 Å². The Hall–Kier alpha value is -0.430. The van der Waals surface area contributed by atoms with Crippen molar-refractivity contribution in [3.63, 3.8) is 0 Å². The number of rotatable bonds is 4. The molecule has 0 radical (unpaired) electrons. The molecule has 0 bridgehead atoms. The van der Waals surface area contributed by atoms with Crippen LogP contribution in [-0.2, 0) is 4.79 Å². The van der Waals surface area contributed by atoms with E-state index in [4.69, 9.17) is 5.73 Å². The normalized spacial score (nSPS) is 20.7. The number of halogens is 1. The molecule has 2 unspecified atom stereocenters. The Bertz CT molecular complexity index is 437. The molecule has 1 aromatic heterocycles. The molecule has 0 spiro atoms. The monoisotopic (exact) mass is 345 g/mol. The summed E-state index contributed by atoms with van der Waals surface area (Å²) >= 11 is 5.24. The second kappa shape index (κ2) is 6.83. The third-order valence-electron chi connectivity index (χ3n) is 3.50. The second-order valence-corrected chi connectivity index (χ2v) is 7.29. The molecule has 0 aliphatic carbocycles. The highest BCUT2D eigenvalue weighted by atomic mass is 79.9. The highest BCUT2D eigenvalue weighted by molar-refractivity contribution is 9.11. The van der Waals surface area contributed by atoms with Crippen molar-refractivity contribution in [3.05, 3.63) is 20.8 Å². The molecule has 6 heteroatoms. The van der Waals surface area contributed by atoms with Gasteiger partial charge in [0, 0.05) is 37.0 Å². The van der Waals surface area contributed by atoms with Crippen molar-refractivity contribution in [2.24, 2.45) is 5.73 Å². The van der Waals surface area contributed by atoms with E-state index < -0.39 is 0 Å². The Labute approximate surface area is 126 Å². The molecule has 2 heterocycles. The molecule has 0 aromatic carbocycles. The summed E-state index contributed by atoms with van der Waals surface area (Å²) in [5, 5.41) is 2.92. The van der Waals surface area contributed by atoms with Crippen LogP contribution in [0.4, 0.5) is 0 Å². The van der Waals surface area contributed by atoms with E-state index >= 15 is 0 Å². The lowest BCUT2D eigenvalue weighted by Gasteiger charge is -2.33. The van der Waals surface area contributed by atoms with Crippen LogP contribution in [0.1, 0.15) is 30.7 Å². The minimum absolute atomic E-state index is 0.0961. The molecule has 4 nitrogen and oxygen atoms in total. The minimum Gasteiger partial charge on any atom is -0.355 e. The summed E-state index contributed by atoms with van der Waals surface area (Å²) in [5.74, 6) is 0.138. The molecular formula is C13H20BrN3OS. The minimum atomic E-state index is 0.0961. The van der Waals surface area contributed by atoms with E-state index in [1.54, 1.807) is 11.3 Å². The lowest BCUT2D eigenvalue weighted by Crippen LogP contribution is -2.42. The summed E-state index contributed by atoms with van der Waals surface area (Å²) < 4.78 is 1.12. The first kappa shape index (κ1) is 15.0. The quantitative estimate of drug-likeness (QED) is 0.878. The molecule has 2 rings (SSSR count). The van der Waals surface area contributed by atoms with Crippen molar-refractivity contribution in [1.29, 1.82) is 0 Å². The Balaban J connectivity index is 2.19. The molecule has 0 saturated carbocycles. The van der Waals surface area contributed by atoms with Gasteiger partial charge in [-0.15, -0.1) is 11.3 Å². The summed E-state index contributed by atoms with van der Waals surface area (Å²) in [4.78, 5) is 15.1. The van der Waals surface area contributed by atoms with E-state index in [1.165, 1.54) is 4.88 Å². The van der Waals surface area contributed by atoms with Crippen molar-refractivity contribution in [3.8, 4) is 0 Å². The molecule has 3 N–H and O–H groups in total. The fraction of sp³-hybridized carbons (Fsp3) is 0.615. The van der Waals surface area contributed by atoms with Crippen molar-refractivity contribution < 1.29 is 4.79 Å². The number of carbonyl (C=O) groups is 1. The van der Waals surface area contributed by atoms with E-state index in [2.05, 4.69) is 45.2 Å². The lowest BCUT2D eigenvalue weighted by atomic mass is 10.0. The molecule has 1 amide bonds. The van der Waals surface area contributed by atoms with Gasteiger partial charge in [-0.3, -0.25) is 9.69 Å². The maximum Gasteiger partial charge on any atom is 0.221 e. The van der Waals surface area contributed by atoms with Crippen LogP contribution in [0.25, 0.3) is 0 Å². The number of nitrogens with two attached hydrogens (primary N) is 1. The first-order chi connectivity index (χ1) is 9.11. The standard InChI is InChI=1S/C13H20BrN3OS/c1-2-9(15)13(10-3-4-11(14)19-10)17-7-5-12(18)16-6-8-17/h3-4,9,13H,2,5-8,15H2,1H3,(H,16,18). The maximum atomic E-state index is 11.5. The molecule has 1 aromatic rings. The molecule has 1 aliphatic heterocycles. The van der Waals surface area contributed by atoms with Gasteiger partial charge in [-0.25, -0.2) is 0 Å². The summed E-state index contributed by atoms with van der Waals surface area (Å²) in [5.41, 5.74) is 6.32.